The molecule has 2 amide bonds. The number of carbonyl (C=O) groups is 2. The predicted molar refractivity (Wildman–Crippen MR) is 119 cm³/mol. The highest BCUT2D eigenvalue weighted by molar-refractivity contribution is 6.01. The molecule has 0 saturated carbocycles. The summed E-state index contributed by atoms with van der Waals surface area (Å²) >= 11 is 0. The smallest absolute Gasteiger partial charge is 0.250 e. The summed E-state index contributed by atoms with van der Waals surface area (Å²) in [7, 11) is 0. The minimum atomic E-state index is -0.515. The molecule has 4 N–H and O–H groups in total. The number of hydrogen-bond donors (Lipinski definition) is 3. The molecule has 1 unspecified atom stereocenters. The number of nitrogens with two attached hydrogens (primary N) is 1. The van der Waals surface area contributed by atoms with Crippen LogP contribution in [0.5, 0.6) is 0 Å². The lowest BCUT2D eigenvalue weighted by molar-refractivity contribution is -0.116. The van der Waals surface area contributed by atoms with Crippen molar-refractivity contribution in [2.45, 2.75) is 45.1 Å². The van der Waals surface area contributed by atoms with Crippen molar-refractivity contribution in [3.63, 3.8) is 0 Å². The number of halogens is 1. The standard InChI is InChI=1S/C23H26FN5O2/c1-14-4-2-3-11-29(14)20-8-6-16(13-17(20)23(25)31)26-22(30)10-9-21-27-18-7-5-15(24)12-19(18)28-21/h5-8,12-14H,2-4,9-11H2,1H3,(H2,25,31)(H,26,30)(H,27,28). The molecule has 1 aromatic heterocycles. The molecule has 31 heavy (non-hydrogen) atoms. The van der Waals surface area contributed by atoms with Crippen molar-refractivity contribution in [1.29, 1.82) is 0 Å². The first kappa shape index (κ1) is 20.8. The van der Waals surface area contributed by atoms with Gasteiger partial charge in [-0.25, -0.2) is 9.37 Å². The maximum Gasteiger partial charge on any atom is 0.250 e. The molecule has 0 spiro atoms. The quantitative estimate of drug-likeness (QED) is 0.562. The first-order valence-corrected chi connectivity index (χ1v) is 10.5. The van der Waals surface area contributed by atoms with Gasteiger partial charge in [-0.05, 0) is 62.6 Å². The number of aromatic nitrogens is 2. The molecule has 1 atom stereocenters. The van der Waals surface area contributed by atoms with E-state index >= 15 is 0 Å². The lowest BCUT2D eigenvalue weighted by atomic mass is 10.0. The Balaban J connectivity index is 1.43. The van der Waals surface area contributed by atoms with E-state index in [1.807, 2.05) is 6.07 Å². The molecule has 8 heteroatoms. The van der Waals surface area contributed by atoms with E-state index < -0.39 is 5.91 Å². The highest BCUT2D eigenvalue weighted by atomic mass is 19.1. The fourth-order valence-corrected chi connectivity index (χ4v) is 4.13. The first-order valence-electron chi connectivity index (χ1n) is 10.5. The van der Waals surface area contributed by atoms with Gasteiger partial charge in [-0.1, -0.05) is 0 Å². The van der Waals surface area contributed by atoms with Gasteiger partial charge in [-0.3, -0.25) is 9.59 Å². The molecule has 2 heterocycles. The summed E-state index contributed by atoms with van der Waals surface area (Å²) < 4.78 is 13.3. The molecule has 2 aromatic carbocycles. The predicted octanol–water partition coefficient (Wildman–Crippen LogP) is 3.75. The van der Waals surface area contributed by atoms with Crippen molar-refractivity contribution >= 4 is 34.2 Å². The van der Waals surface area contributed by atoms with Gasteiger partial charge in [0, 0.05) is 36.8 Å². The number of anilines is 2. The molecule has 0 bridgehead atoms. The van der Waals surface area contributed by atoms with Crippen LogP contribution in [0.1, 0.15) is 48.8 Å². The monoisotopic (exact) mass is 423 g/mol. The molecule has 4 rings (SSSR count). The molecule has 1 aliphatic rings. The Hall–Kier alpha value is -3.42. The molecule has 1 saturated heterocycles. The fourth-order valence-electron chi connectivity index (χ4n) is 4.13. The van der Waals surface area contributed by atoms with E-state index in [1.165, 1.54) is 18.6 Å². The van der Waals surface area contributed by atoms with E-state index in [0.717, 1.165) is 25.1 Å². The van der Waals surface area contributed by atoms with Crippen LogP contribution < -0.4 is 16.0 Å². The summed E-state index contributed by atoms with van der Waals surface area (Å²) in [4.78, 5) is 34.1. The molecule has 7 nitrogen and oxygen atoms in total. The van der Waals surface area contributed by atoms with Crippen molar-refractivity contribution in [3.05, 3.63) is 53.6 Å². The van der Waals surface area contributed by atoms with Crippen molar-refractivity contribution in [2.75, 3.05) is 16.8 Å². The van der Waals surface area contributed by atoms with Gasteiger partial charge in [0.25, 0.3) is 5.91 Å². The van der Waals surface area contributed by atoms with Gasteiger partial charge in [0.2, 0.25) is 5.91 Å². The molecule has 1 aliphatic heterocycles. The number of nitrogens with one attached hydrogen (secondary N) is 2. The van der Waals surface area contributed by atoms with E-state index in [2.05, 4.69) is 27.1 Å². The summed E-state index contributed by atoms with van der Waals surface area (Å²) in [6.07, 6.45) is 3.91. The Morgan fingerprint density at radius 1 is 1.26 bits per heavy atom. The normalized spacial score (nSPS) is 16.5. The topological polar surface area (TPSA) is 104 Å². The van der Waals surface area contributed by atoms with Crippen LogP contribution in [-0.4, -0.2) is 34.4 Å². The number of piperidine rings is 1. The highest BCUT2D eigenvalue weighted by Gasteiger charge is 2.23. The largest absolute Gasteiger partial charge is 0.368 e. The summed E-state index contributed by atoms with van der Waals surface area (Å²) in [6.45, 7) is 3.03. The van der Waals surface area contributed by atoms with Crippen LogP contribution in [0.2, 0.25) is 0 Å². The number of H-pyrrole nitrogens is 1. The number of fused-ring (bicyclic) bond motifs is 1. The van der Waals surface area contributed by atoms with Gasteiger partial charge in [0.1, 0.15) is 11.6 Å². The third-order valence-corrected chi connectivity index (χ3v) is 5.74. The van der Waals surface area contributed by atoms with Gasteiger partial charge in [-0.15, -0.1) is 0 Å². The Bertz CT molecular complexity index is 1130. The number of primary amides is 1. The molecular formula is C23H26FN5O2. The van der Waals surface area contributed by atoms with Gasteiger partial charge in [0.15, 0.2) is 0 Å². The van der Waals surface area contributed by atoms with E-state index in [1.54, 1.807) is 18.2 Å². The summed E-state index contributed by atoms with van der Waals surface area (Å²) in [5.41, 5.74) is 8.64. The minimum absolute atomic E-state index is 0.194. The number of aryl methyl sites for hydroxylation is 1. The SMILES string of the molecule is CC1CCCCN1c1ccc(NC(=O)CCc2nc3ccc(F)cc3[nH]2)cc1C(N)=O. The lowest BCUT2D eigenvalue weighted by Crippen LogP contribution is -2.38. The summed E-state index contributed by atoms with van der Waals surface area (Å²) in [5.74, 6) is -0.448. The molecule has 1 fully saturated rings. The van der Waals surface area contributed by atoms with Crippen LogP contribution in [0.15, 0.2) is 36.4 Å². The molecular weight excluding hydrogens is 397 g/mol. The van der Waals surface area contributed by atoms with Crippen LogP contribution in [0.25, 0.3) is 11.0 Å². The van der Waals surface area contributed by atoms with Crippen LogP contribution in [0.3, 0.4) is 0 Å². The zero-order chi connectivity index (χ0) is 22.0. The Morgan fingerprint density at radius 3 is 2.87 bits per heavy atom. The van der Waals surface area contributed by atoms with E-state index in [9.17, 15) is 14.0 Å². The first-order chi connectivity index (χ1) is 14.9. The number of aromatic amines is 1. The van der Waals surface area contributed by atoms with Crippen LogP contribution in [0, 0.1) is 5.82 Å². The van der Waals surface area contributed by atoms with Crippen LogP contribution in [-0.2, 0) is 11.2 Å². The average Bonchev–Trinajstić information content (AvgIpc) is 3.15. The minimum Gasteiger partial charge on any atom is -0.368 e. The van der Waals surface area contributed by atoms with Gasteiger partial charge < -0.3 is 20.9 Å². The van der Waals surface area contributed by atoms with Crippen molar-refractivity contribution < 1.29 is 14.0 Å². The van der Waals surface area contributed by atoms with Gasteiger partial charge >= 0.3 is 0 Å². The average molecular weight is 423 g/mol. The molecule has 3 aromatic rings. The summed E-state index contributed by atoms with van der Waals surface area (Å²) in [5, 5.41) is 2.82. The Kier molecular flexibility index (Phi) is 5.88. The van der Waals surface area contributed by atoms with Gasteiger partial charge in [0.05, 0.1) is 16.6 Å². The van der Waals surface area contributed by atoms with E-state index in [0.29, 0.717) is 40.6 Å². The lowest BCUT2D eigenvalue weighted by Gasteiger charge is -2.36. The number of carbonyl (C=O) groups excluding carboxylic acids is 2. The number of rotatable bonds is 6. The zero-order valence-electron chi connectivity index (χ0n) is 17.5. The van der Waals surface area contributed by atoms with Crippen molar-refractivity contribution in [1.82, 2.24) is 9.97 Å². The Labute approximate surface area is 179 Å². The van der Waals surface area contributed by atoms with Crippen molar-refractivity contribution in [3.8, 4) is 0 Å². The molecule has 162 valence electrons. The van der Waals surface area contributed by atoms with Gasteiger partial charge in [-0.2, -0.15) is 0 Å². The maximum absolute atomic E-state index is 13.3. The second-order valence-corrected chi connectivity index (χ2v) is 8.03. The zero-order valence-corrected chi connectivity index (χ0v) is 17.5. The van der Waals surface area contributed by atoms with E-state index in [4.69, 9.17) is 5.73 Å². The fraction of sp³-hybridized carbons (Fsp3) is 0.348. The number of hydrogen-bond acceptors (Lipinski definition) is 4. The van der Waals surface area contributed by atoms with Crippen LogP contribution >= 0.6 is 0 Å². The number of nitrogens with zero attached hydrogens (tertiary/aromatic N) is 2. The highest BCUT2D eigenvalue weighted by Crippen LogP contribution is 2.30. The summed E-state index contributed by atoms with van der Waals surface area (Å²) in [6, 6.07) is 9.95. The maximum atomic E-state index is 13.3. The third-order valence-electron chi connectivity index (χ3n) is 5.74. The molecule has 0 radical (unpaired) electrons. The Morgan fingerprint density at radius 2 is 2.10 bits per heavy atom. The second-order valence-electron chi connectivity index (χ2n) is 8.03. The number of benzene rings is 2. The second kappa shape index (κ2) is 8.75. The number of imidazole rings is 1. The third kappa shape index (κ3) is 4.68. The van der Waals surface area contributed by atoms with Crippen LogP contribution in [0.4, 0.5) is 15.8 Å². The molecule has 0 aliphatic carbocycles. The van der Waals surface area contributed by atoms with Crippen molar-refractivity contribution in [2.24, 2.45) is 5.73 Å². The van der Waals surface area contributed by atoms with E-state index in [-0.39, 0.29) is 18.1 Å². The number of amides is 2.